The van der Waals surface area contributed by atoms with Crippen molar-refractivity contribution in [1.29, 1.82) is 0 Å². The number of alkyl halides is 4. The smallest absolute Gasteiger partial charge is 0.178 e. The van der Waals surface area contributed by atoms with Crippen LogP contribution in [0.2, 0.25) is 0 Å². The van der Waals surface area contributed by atoms with Crippen molar-refractivity contribution in [2.75, 3.05) is 13.9 Å². The van der Waals surface area contributed by atoms with E-state index in [1.807, 2.05) is 19.9 Å². The molecule has 210 valence electrons. The van der Waals surface area contributed by atoms with Gasteiger partial charge in [-0.05, 0) is 19.3 Å². The van der Waals surface area contributed by atoms with E-state index < -0.39 is 40.5 Å². The van der Waals surface area contributed by atoms with E-state index in [2.05, 4.69) is 4.98 Å². The average molecular weight is 619 g/mol. The van der Waals surface area contributed by atoms with E-state index in [0.29, 0.717) is 23.5 Å². The predicted octanol–water partition coefficient (Wildman–Crippen LogP) is 5.72. The first-order valence-electron chi connectivity index (χ1n) is 12.4. The van der Waals surface area contributed by atoms with Gasteiger partial charge in [0.05, 0.1) is 28.3 Å². The maximum absolute atomic E-state index is 11.7. The highest BCUT2D eigenvalue weighted by Gasteiger charge is 2.51. The Morgan fingerprint density at radius 3 is 2.62 bits per heavy atom. The third-order valence-corrected chi connectivity index (χ3v) is 10.0. The maximum atomic E-state index is 11.7. The summed E-state index contributed by atoms with van der Waals surface area (Å²) in [6.07, 6.45) is 2.82. The van der Waals surface area contributed by atoms with Crippen molar-refractivity contribution in [3.63, 3.8) is 0 Å². The van der Waals surface area contributed by atoms with Gasteiger partial charge in [0, 0.05) is 30.7 Å². The summed E-state index contributed by atoms with van der Waals surface area (Å²) in [5.74, 6) is -0.205. The number of ketones is 1. The molecule has 11 atom stereocenters. The molecule has 0 amide bonds. The van der Waals surface area contributed by atoms with E-state index in [4.69, 9.17) is 65.4 Å². The number of carbonyl (C=O) groups is 1. The molecule has 2 aliphatic rings. The second kappa shape index (κ2) is 14.6. The molecule has 0 spiro atoms. The van der Waals surface area contributed by atoms with Gasteiger partial charge in [0.1, 0.15) is 41.9 Å². The maximum Gasteiger partial charge on any atom is 0.178 e. The zero-order chi connectivity index (χ0) is 27.3. The zero-order valence-electron chi connectivity index (χ0n) is 21.3. The second-order valence-corrected chi connectivity index (χ2v) is 12.5. The van der Waals surface area contributed by atoms with Gasteiger partial charge in [-0.2, -0.15) is 0 Å². The summed E-state index contributed by atoms with van der Waals surface area (Å²) in [6.45, 7) is 5.56. The molecular weight excluding hydrogens is 584 g/mol. The summed E-state index contributed by atoms with van der Waals surface area (Å²) in [7, 11) is 1.59. The lowest BCUT2D eigenvalue weighted by Gasteiger charge is -2.40. The zero-order valence-corrected chi connectivity index (χ0v) is 25.1. The van der Waals surface area contributed by atoms with E-state index in [1.165, 1.54) is 18.3 Å². The molecule has 1 aromatic rings. The molecule has 0 saturated carbocycles. The number of allylic oxidation sites excluding steroid dienone is 1. The molecule has 0 aromatic carbocycles. The van der Waals surface area contributed by atoms with Crippen molar-refractivity contribution < 1.29 is 28.8 Å². The fraction of sp³-hybridized carbons (Fsp3) is 0.760. The van der Waals surface area contributed by atoms with Crippen molar-refractivity contribution in [3.8, 4) is 0 Å². The van der Waals surface area contributed by atoms with Crippen molar-refractivity contribution in [3.05, 3.63) is 28.2 Å². The van der Waals surface area contributed by atoms with E-state index in [1.54, 1.807) is 18.6 Å². The molecule has 3 rings (SSSR count). The van der Waals surface area contributed by atoms with E-state index in [-0.39, 0.29) is 36.1 Å². The van der Waals surface area contributed by atoms with Gasteiger partial charge < -0.3 is 24.1 Å². The molecule has 1 N–H and O–H groups in total. The van der Waals surface area contributed by atoms with Crippen molar-refractivity contribution >= 4 is 63.5 Å². The van der Waals surface area contributed by atoms with Crippen LogP contribution in [0.4, 0.5) is 0 Å². The van der Waals surface area contributed by atoms with Crippen LogP contribution in [-0.4, -0.2) is 81.8 Å². The largest absolute Gasteiger partial charge is 0.386 e. The molecule has 1 aromatic heterocycles. The minimum atomic E-state index is -0.787. The van der Waals surface area contributed by atoms with Gasteiger partial charge in [-0.15, -0.1) is 57.7 Å². The Morgan fingerprint density at radius 2 is 2.00 bits per heavy atom. The molecule has 0 bridgehead atoms. The number of hydrogen-bond donors (Lipinski definition) is 1. The molecule has 3 heterocycles. The Balaban J connectivity index is 1.54. The summed E-state index contributed by atoms with van der Waals surface area (Å²) in [5, 5.41) is 11.1. The Labute approximate surface area is 242 Å². The van der Waals surface area contributed by atoms with Crippen LogP contribution in [0.1, 0.15) is 61.6 Å². The van der Waals surface area contributed by atoms with Crippen LogP contribution >= 0.6 is 57.7 Å². The van der Waals surface area contributed by atoms with Gasteiger partial charge in [0.25, 0.3) is 0 Å². The van der Waals surface area contributed by atoms with Crippen LogP contribution < -0.4 is 0 Å². The number of epoxide rings is 1. The summed E-state index contributed by atoms with van der Waals surface area (Å²) in [4.78, 5) is 16.1. The molecule has 11 unspecified atom stereocenters. The Hall–Kier alpha value is -0.000000000000000305. The average Bonchev–Trinajstić information content (AvgIpc) is 3.53. The third-order valence-electron chi connectivity index (χ3n) is 6.81. The molecule has 0 aliphatic carbocycles. The molecule has 12 heteroatoms. The van der Waals surface area contributed by atoms with E-state index in [9.17, 15) is 9.90 Å². The van der Waals surface area contributed by atoms with Crippen LogP contribution in [0.5, 0.6) is 0 Å². The summed E-state index contributed by atoms with van der Waals surface area (Å²) < 4.78 is 23.1. The fourth-order valence-electron chi connectivity index (χ4n) is 4.36. The van der Waals surface area contributed by atoms with E-state index >= 15 is 0 Å². The number of Topliss-reactive ketones (excluding diaryl/α,β-unsaturated/α-hetero) is 1. The van der Waals surface area contributed by atoms with E-state index in [0.717, 1.165) is 6.42 Å². The third kappa shape index (κ3) is 8.26. The highest BCUT2D eigenvalue weighted by atomic mass is 35.5. The lowest BCUT2D eigenvalue weighted by Crippen LogP contribution is -2.46. The quantitative estimate of drug-likeness (QED) is 0.123. The van der Waals surface area contributed by atoms with Crippen LogP contribution in [0, 0.1) is 5.92 Å². The number of ether oxygens (including phenoxy) is 4. The molecule has 7 nitrogen and oxygen atoms in total. The lowest BCUT2D eigenvalue weighted by molar-refractivity contribution is -0.233. The van der Waals surface area contributed by atoms with Crippen LogP contribution in [0.25, 0.3) is 0 Å². The molecule has 0 radical (unpaired) electrons. The topological polar surface area (TPSA) is 90.4 Å². The number of aromatic nitrogens is 1. The number of aliphatic hydroxyl groups excluding tert-OH is 1. The first kappa shape index (κ1) is 31.5. The minimum Gasteiger partial charge on any atom is -0.386 e. The molecular formula is C25H35Cl4NO6S. The highest BCUT2D eigenvalue weighted by molar-refractivity contribution is 7.09. The molecule has 2 saturated heterocycles. The fourth-order valence-corrected chi connectivity index (χ4v) is 6.46. The number of aliphatic hydroxyl groups is 1. The summed E-state index contributed by atoms with van der Waals surface area (Å²) in [6, 6.07) is 0. The number of rotatable bonds is 14. The number of hydrogen-bond acceptors (Lipinski definition) is 8. The van der Waals surface area contributed by atoms with Gasteiger partial charge in [-0.3, -0.25) is 4.79 Å². The standard InChI is InChI=1S/C25H35Cl4NO6S/c1-5-14(26)7-6-8-17(32)22-23(36-22)20(29)19(28)15(27)9-18-12(2)21(35-11-34-18)24(33-4)25-30-16(10-37-25)13(3)31/h6,8,10,12,14-15,17-24,32H,5,7,9,11H2,1-4H3. The lowest BCUT2D eigenvalue weighted by atomic mass is 9.89. The van der Waals surface area contributed by atoms with Gasteiger partial charge in [-0.25, -0.2) is 4.98 Å². The molecule has 2 fully saturated rings. The van der Waals surface area contributed by atoms with Crippen LogP contribution in [-0.2, 0) is 18.9 Å². The number of halogens is 4. The number of nitrogens with zero attached hydrogens (tertiary/aromatic N) is 1. The Bertz CT molecular complexity index is 906. The SMILES string of the molecule is CCC(Cl)CC=CC(O)C1OC1C(Cl)C(Cl)C(Cl)CC1OCOC(C(OC)c2nc(C(C)=O)cs2)C1C. The van der Waals surface area contributed by atoms with Gasteiger partial charge >= 0.3 is 0 Å². The second-order valence-electron chi connectivity index (χ2n) is 9.46. The number of thiazole rings is 1. The van der Waals surface area contributed by atoms with Crippen molar-refractivity contribution in [1.82, 2.24) is 4.98 Å². The predicted molar refractivity (Wildman–Crippen MR) is 148 cm³/mol. The number of methoxy groups -OCH3 is 1. The monoisotopic (exact) mass is 617 g/mol. The molecule has 2 aliphatic heterocycles. The summed E-state index contributed by atoms with van der Waals surface area (Å²) in [5.41, 5.74) is 0.405. The van der Waals surface area contributed by atoms with Gasteiger partial charge in [0.2, 0.25) is 0 Å². The minimum absolute atomic E-state index is 0.0394. The summed E-state index contributed by atoms with van der Waals surface area (Å²) >= 11 is 27.5. The highest BCUT2D eigenvalue weighted by Crippen LogP contribution is 2.40. The molecule has 37 heavy (non-hydrogen) atoms. The van der Waals surface area contributed by atoms with Crippen molar-refractivity contribution in [2.45, 2.75) is 98.2 Å². The normalized spacial score (nSPS) is 31.0. The first-order chi connectivity index (χ1) is 17.6. The first-order valence-corrected chi connectivity index (χ1v) is 15.0. The van der Waals surface area contributed by atoms with Crippen molar-refractivity contribution in [2.24, 2.45) is 5.92 Å². The van der Waals surface area contributed by atoms with Gasteiger partial charge in [-0.1, -0.05) is 26.0 Å². The Morgan fingerprint density at radius 1 is 1.27 bits per heavy atom. The van der Waals surface area contributed by atoms with Gasteiger partial charge in [0.15, 0.2) is 5.78 Å². The van der Waals surface area contributed by atoms with Crippen LogP contribution in [0.3, 0.4) is 0 Å². The Kier molecular flexibility index (Phi) is 12.4. The number of carbonyl (C=O) groups excluding carboxylic acids is 1. The van der Waals surface area contributed by atoms with Crippen LogP contribution in [0.15, 0.2) is 17.5 Å².